The van der Waals surface area contributed by atoms with E-state index < -0.39 is 6.04 Å². The number of hydrogen-bond donors (Lipinski definition) is 4. The number of fused-ring (bicyclic) bond motifs is 1. The van der Waals surface area contributed by atoms with Crippen molar-refractivity contribution < 1.29 is 9.59 Å². The van der Waals surface area contributed by atoms with E-state index in [1.165, 1.54) is 11.1 Å². The fourth-order valence-electron chi connectivity index (χ4n) is 4.73. The predicted molar refractivity (Wildman–Crippen MR) is 143 cm³/mol. The Morgan fingerprint density at radius 3 is 2.11 bits per heavy atom. The van der Waals surface area contributed by atoms with Crippen LogP contribution >= 0.6 is 0 Å². The van der Waals surface area contributed by atoms with E-state index in [-0.39, 0.29) is 23.8 Å². The van der Waals surface area contributed by atoms with Gasteiger partial charge in [-0.25, -0.2) is 0 Å². The van der Waals surface area contributed by atoms with Crippen molar-refractivity contribution in [1.82, 2.24) is 16.0 Å². The van der Waals surface area contributed by atoms with Gasteiger partial charge in [-0.1, -0.05) is 84.9 Å². The lowest BCUT2D eigenvalue weighted by molar-refractivity contribution is -0.124. The van der Waals surface area contributed by atoms with E-state index in [1.807, 2.05) is 48.5 Å². The summed E-state index contributed by atoms with van der Waals surface area (Å²) in [4.78, 5) is 25.2. The molecule has 0 bridgehead atoms. The molecule has 1 aliphatic rings. The van der Waals surface area contributed by atoms with Crippen molar-refractivity contribution in [1.29, 1.82) is 0 Å². The first kappa shape index (κ1) is 25.6. The van der Waals surface area contributed by atoms with Crippen molar-refractivity contribution in [3.05, 3.63) is 107 Å². The third-order valence-corrected chi connectivity index (χ3v) is 6.86. The fraction of sp³-hybridized carbons (Fsp3) is 0.333. The topological polar surface area (TPSA) is 96.2 Å². The van der Waals surface area contributed by atoms with Crippen LogP contribution in [0.1, 0.15) is 47.4 Å². The van der Waals surface area contributed by atoms with Crippen LogP contribution < -0.4 is 21.7 Å². The molecule has 2 atom stereocenters. The molecule has 3 aromatic rings. The average molecular weight is 485 g/mol. The van der Waals surface area contributed by atoms with E-state index in [4.69, 9.17) is 5.73 Å². The maximum Gasteiger partial charge on any atom is 0.237 e. The fourth-order valence-corrected chi connectivity index (χ4v) is 4.73. The van der Waals surface area contributed by atoms with Crippen molar-refractivity contribution in [3.8, 4) is 0 Å². The number of amides is 2. The summed E-state index contributed by atoms with van der Waals surface area (Å²) in [6.45, 7) is 1.79. The quantitative estimate of drug-likeness (QED) is 0.314. The molecule has 1 heterocycles. The largest absolute Gasteiger partial charge is 0.355 e. The standard InChI is InChI=1S/C30H36N4O2/c31-27(17-9-10-18-32-30(36)28-19-24-15-7-8-16-25(24)20-33-28)29(35)34-21-26(22-11-3-1-4-12-22)23-13-5-2-6-14-23/h1-8,11-16,26-28,33H,9-10,17-21,31H2,(H,32,36)(H,34,35)/t27?,28-/m0/s1. The van der Waals surface area contributed by atoms with Crippen molar-refractivity contribution in [2.45, 2.75) is 50.2 Å². The molecule has 0 fully saturated rings. The third kappa shape index (κ3) is 7.03. The van der Waals surface area contributed by atoms with E-state index in [0.717, 1.165) is 24.0 Å². The lowest BCUT2D eigenvalue weighted by Gasteiger charge is -2.25. The maximum absolute atomic E-state index is 12.7. The van der Waals surface area contributed by atoms with E-state index >= 15 is 0 Å². The molecular weight excluding hydrogens is 448 g/mol. The van der Waals surface area contributed by atoms with Gasteiger partial charge < -0.3 is 21.7 Å². The van der Waals surface area contributed by atoms with Gasteiger partial charge in [0.05, 0.1) is 12.1 Å². The summed E-state index contributed by atoms with van der Waals surface area (Å²) in [6.07, 6.45) is 2.85. The van der Waals surface area contributed by atoms with Crippen LogP contribution in [0.3, 0.4) is 0 Å². The molecule has 2 amide bonds. The van der Waals surface area contributed by atoms with Gasteiger partial charge >= 0.3 is 0 Å². The number of carbonyl (C=O) groups is 2. The molecule has 5 N–H and O–H groups in total. The van der Waals surface area contributed by atoms with Gasteiger partial charge in [0.25, 0.3) is 0 Å². The minimum absolute atomic E-state index is 0.0272. The van der Waals surface area contributed by atoms with Gasteiger partial charge in [0.1, 0.15) is 0 Å². The number of nitrogens with two attached hydrogens (primary N) is 1. The molecule has 0 saturated heterocycles. The second-order valence-electron chi connectivity index (χ2n) is 9.42. The molecule has 0 radical (unpaired) electrons. The van der Waals surface area contributed by atoms with Crippen molar-refractivity contribution in [2.75, 3.05) is 13.1 Å². The van der Waals surface area contributed by atoms with Gasteiger partial charge in [-0.15, -0.1) is 0 Å². The molecular formula is C30H36N4O2. The zero-order valence-electron chi connectivity index (χ0n) is 20.7. The Bertz CT molecular complexity index is 1080. The summed E-state index contributed by atoms with van der Waals surface area (Å²) in [5, 5.41) is 9.38. The Morgan fingerprint density at radius 2 is 1.44 bits per heavy atom. The Kier molecular flexibility index (Phi) is 9.25. The second kappa shape index (κ2) is 13.0. The average Bonchev–Trinajstić information content (AvgIpc) is 2.93. The van der Waals surface area contributed by atoms with E-state index in [2.05, 4.69) is 52.3 Å². The van der Waals surface area contributed by atoms with Crippen LogP contribution in [0.5, 0.6) is 0 Å². The molecule has 0 saturated carbocycles. The minimum Gasteiger partial charge on any atom is -0.355 e. The van der Waals surface area contributed by atoms with Crippen LogP contribution in [0, 0.1) is 0 Å². The molecule has 6 nitrogen and oxygen atoms in total. The van der Waals surface area contributed by atoms with Gasteiger partial charge in [0.2, 0.25) is 11.8 Å². The maximum atomic E-state index is 12.7. The zero-order valence-corrected chi connectivity index (χ0v) is 20.7. The monoisotopic (exact) mass is 484 g/mol. The van der Waals surface area contributed by atoms with Crippen LogP contribution in [0.15, 0.2) is 84.9 Å². The minimum atomic E-state index is -0.565. The molecule has 1 aliphatic heterocycles. The Labute approximate surface area is 213 Å². The van der Waals surface area contributed by atoms with Crippen molar-refractivity contribution in [2.24, 2.45) is 5.73 Å². The lowest BCUT2D eigenvalue weighted by atomic mass is 9.91. The van der Waals surface area contributed by atoms with Crippen LogP contribution in [-0.2, 0) is 22.6 Å². The van der Waals surface area contributed by atoms with Gasteiger partial charge in [-0.2, -0.15) is 0 Å². The Balaban J connectivity index is 1.16. The molecule has 3 aromatic carbocycles. The van der Waals surface area contributed by atoms with Gasteiger partial charge in [-0.3, -0.25) is 9.59 Å². The van der Waals surface area contributed by atoms with Crippen LogP contribution in [0.25, 0.3) is 0 Å². The van der Waals surface area contributed by atoms with Crippen LogP contribution in [0.2, 0.25) is 0 Å². The summed E-state index contributed by atoms with van der Waals surface area (Å²) in [5.41, 5.74) is 11.0. The number of rotatable bonds is 11. The number of carbonyl (C=O) groups excluding carboxylic acids is 2. The number of hydrogen-bond acceptors (Lipinski definition) is 4. The number of nitrogens with one attached hydrogen (secondary N) is 3. The van der Waals surface area contributed by atoms with E-state index in [9.17, 15) is 9.59 Å². The number of benzene rings is 3. The molecule has 36 heavy (non-hydrogen) atoms. The zero-order chi connectivity index (χ0) is 25.2. The summed E-state index contributed by atoms with van der Waals surface area (Å²) < 4.78 is 0. The Hall–Kier alpha value is -3.48. The Morgan fingerprint density at radius 1 is 0.833 bits per heavy atom. The second-order valence-corrected chi connectivity index (χ2v) is 9.42. The van der Waals surface area contributed by atoms with Crippen LogP contribution in [0.4, 0.5) is 0 Å². The highest BCUT2D eigenvalue weighted by molar-refractivity contribution is 5.82. The third-order valence-electron chi connectivity index (χ3n) is 6.86. The summed E-state index contributed by atoms with van der Waals surface area (Å²) in [7, 11) is 0. The molecule has 4 rings (SSSR count). The molecule has 0 aromatic heterocycles. The molecule has 0 aliphatic carbocycles. The highest BCUT2D eigenvalue weighted by atomic mass is 16.2. The van der Waals surface area contributed by atoms with E-state index in [0.29, 0.717) is 32.5 Å². The first-order valence-corrected chi connectivity index (χ1v) is 12.8. The van der Waals surface area contributed by atoms with Gasteiger partial charge in [-0.05, 0) is 47.9 Å². The van der Waals surface area contributed by atoms with Gasteiger partial charge in [0.15, 0.2) is 0 Å². The first-order chi connectivity index (χ1) is 17.6. The van der Waals surface area contributed by atoms with Crippen molar-refractivity contribution >= 4 is 11.8 Å². The summed E-state index contributed by atoms with van der Waals surface area (Å²) in [6, 6.07) is 27.8. The molecule has 1 unspecified atom stereocenters. The highest BCUT2D eigenvalue weighted by Crippen LogP contribution is 2.23. The SMILES string of the molecule is NC(CCCCNC(=O)[C@@H]1Cc2ccccc2CN1)C(=O)NCC(c1ccccc1)c1ccccc1. The van der Waals surface area contributed by atoms with Crippen molar-refractivity contribution in [3.63, 3.8) is 0 Å². The smallest absolute Gasteiger partial charge is 0.237 e. The summed E-state index contributed by atoms with van der Waals surface area (Å²) in [5.74, 6) is -0.0421. The number of unbranched alkanes of at least 4 members (excludes halogenated alkanes) is 1. The molecule has 6 heteroatoms. The lowest BCUT2D eigenvalue weighted by Crippen LogP contribution is -2.47. The summed E-state index contributed by atoms with van der Waals surface area (Å²) >= 11 is 0. The first-order valence-electron chi connectivity index (χ1n) is 12.8. The highest BCUT2D eigenvalue weighted by Gasteiger charge is 2.23. The van der Waals surface area contributed by atoms with Gasteiger partial charge in [0, 0.05) is 25.6 Å². The normalized spacial score (nSPS) is 15.7. The van der Waals surface area contributed by atoms with E-state index in [1.54, 1.807) is 0 Å². The predicted octanol–water partition coefficient (Wildman–Crippen LogP) is 3.26. The molecule has 188 valence electrons. The van der Waals surface area contributed by atoms with Crippen LogP contribution in [-0.4, -0.2) is 37.0 Å². The molecule has 0 spiro atoms.